The molecule has 0 N–H and O–H groups in total. The Labute approximate surface area is 331 Å². The van der Waals surface area contributed by atoms with Gasteiger partial charge in [-0.15, -0.1) is 22.7 Å². The maximum Gasteiger partial charge on any atom is 0.160 e. The Balaban J connectivity index is 1.13. The number of rotatable bonds is 6. The van der Waals surface area contributed by atoms with Gasteiger partial charge >= 0.3 is 0 Å². The topological polar surface area (TPSA) is 51.6 Å². The molecule has 0 atom stereocenters. The molecular formula is C50H30N4S2. The van der Waals surface area contributed by atoms with Crippen molar-refractivity contribution in [2.75, 3.05) is 0 Å². The second kappa shape index (κ2) is 13.5. The largest absolute Gasteiger partial charge is 0.237 e. The molecule has 0 bridgehead atoms. The molecule has 0 radical (unpaired) electrons. The average Bonchev–Trinajstić information content (AvgIpc) is 3.84. The Morgan fingerprint density at radius 1 is 0.286 bits per heavy atom. The van der Waals surface area contributed by atoms with E-state index < -0.39 is 0 Å². The van der Waals surface area contributed by atoms with E-state index in [1.165, 1.54) is 40.3 Å². The summed E-state index contributed by atoms with van der Waals surface area (Å²) in [5, 5.41) is 5.11. The van der Waals surface area contributed by atoms with Crippen molar-refractivity contribution in [2.24, 2.45) is 0 Å². The fourth-order valence-electron chi connectivity index (χ4n) is 7.65. The third kappa shape index (κ3) is 5.84. The normalized spacial score (nSPS) is 11.6. The molecule has 0 amide bonds. The van der Waals surface area contributed by atoms with Crippen molar-refractivity contribution in [3.05, 3.63) is 182 Å². The molecule has 6 heteroatoms. The minimum atomic E-state index is 0.662. The van der Waals surface area contributed by atoms with Crippen LogP contribution in [0.25, 0.3) is 108 Å². The van der Waals surface area contributed by atoms with Crippen LogP contribution in [0.3, 0.4) is 0 Å². The fourth-order valence-corrected chi connectivity index (χ4v) is 9.82. The van der Waals surface area contributed by atoms with Gasteiger partial charge in [-0.05, 0) is 95.1 Å². The van der Waals surface area contributed by atoms with Crippen LogP contribution < -0.4 is 0 Å². The predicted molar refractivity (Wildman–Crippen MR) is 236 cm³/mol. The molecule has 0 aliphatic heterocycles. The highest BCUT2D eigenvalue weighted by atomic mass is 32.1. The van der Waals surface area contributed by atoms with Crippen LogP contribution in [0, 0.1) is 0 Å². The molecule has 0 aliphatic rings. The van der Waals surface area contributed by atoms with Gasteiger partial charge in [-0.2, -0.15) is 0 Å². The number of hydrogen-bond acceptors (Lipinski definition) is 6. The van der Waals surface area contributed by atoms with E-state index in [9.17, 15) is 0 Å². The van der Waals surface area contributed by atoms with Crippen LogP contribution in [0.4, 0.5) is 0 Å². The number of nitrogens with zero attached hydrogens (tertiary/aromatic N) is 4. The minimum Gasteiger partial charge on any atom is -0.237 e. The lowest BCUT2D eigenvalue weighted by atomic mass is 9.94. The third-order valence-corrected chi connectivity index (χ3v) is 12.7. The number of aromatic nitrogens is 4. The Hall–Kier alpha value is -6.86. The Morgan fingerprint density at radius 2 is 0.786 bits per heavy atom. The molecule has 0 fully saturated rings. The fraction of sp³-hybridized carbons (Fsp3) is 0. The molecule has 0 spiro atoms. The molecule has 0 unspecified atom stereocenters. The highest BCUT2D eigenvalue weighted by Crippen LogP contribution is 2.41. The van der Waals surface area contributed by atoms with Gasteiger partial charge in [0.25, 0.3) is 0 Å². The molecule has 0 aliphatic carbocycles. The smallest absolute Gasteiger partial charge is 0.160 e. The summed E-state index contributed by atoms with van der Waals surface area (Å²) < 4.78 is 5.17. The quantitative estimate of drug-likeness (QED) is 0.170. The van der Waals surface area contributed by atoms with E-state index in [-0.39, 0.29) is 0 Å². The summed E-state index contributed by atoms with van der Waals surface area (Å²) in [4.78, 5) is 19.6. The second-order valence-corrected chi connectivity index (χ2v) is 16.1. The Morgan fingerprint density at radius 3 is 1.43 bits per heavy atom. The van der Waals surface area contributed by atoms with E-state index >= 15 is 0 Å². The van der Waals surface area contributed by atoms with Crippen LogP contribution in [0.2, 0.25) is 0 Å². The van der Waals surface area contributed by atoms with Crippen molar-refractivity contribution >= 4 is 63.0 Å². The third-order valence-electron chi connectivity index (χ3n) is 10.4. The average molecular weight is 751 g/mol. The number of hydrogen-bond donors (Lipinski definition) is 0. The zero-order valence-corrected chi connectivity index (χ0v) is 31.6. The molecule has 4 nitrogen and oxygen atoms in total. The van der Waals surface area contributed by atoms with E-state index in [1.54, 1.807) is 12.4 Å². The van der Waals surface area contributed by atoms with Gasteiger partial charge < -0.3 is 0 Å². The van der Waals surface area contributed by atoms with Gasteiger partial charge in [-0.25, -0.2) is 19.9 Å². The van der Waals surface area contributed by atoms with Gasteiger partial charge in [0.15, 0.2) is 11.6 Å². The molecule has 11 aromatic rings. The van der Waals surface area contributed by atoms with Crippen molar-refractivity contribution in [2.45, 2.75) is 0 Å². The van der Waals surface area contributed by atoms with Crippen molar-refractivity contribution in [1.82, 2.24) is 19.9 Å². The maximum absolute atomic E-state index is 5.32. The monoisotopic (exact) mass is 750 g/mol. The summed E-state index contributed by atoms with van der Waals surface area (Å²) in [6.07, 6.45) is 3.54. The summed E-state index contributed by atoms with van der Waals surface area (Å²) in [5.74, 6) is 1.34. The lowest BCUT2D eigenvalue weighted by Gasteiger charge is -2.14. The van der Waals surface area contributed by atoms with Crippen LogP contribution in [0.5, 0.6) is 0 Å². The van der Waals surface area contributed by atoms with E-state index in [2.05, 4.69) is 156 Å². The summed E-state index contributed by atoms with van der Waals surface area (Å²) in [5.41, 5.74) is 10.1. The van der Waals surface area contributed by atoms with Crippen LogP contribution in [-0.4, -0.2) is 19.9 Å². The van der Waals surface area contributed by atoms with Gasteiger partial charge in [-0.1, -0.05) is 97.1 Å². The van der Waals surface area contributed by atoms with Crippen molar-refractivity contribution in [1.29, 1.82) is 0 Å². The van der Waals surface area contributed by atoms with Crippen molar-refractivity contribution < 1.29 is 0 Å². The molecule has 262 valence electrons. The van der Waals surface area contributed by atoms with Gasteiger partial charge in [0, 0.05) is 75.0 Å². The van der Waals surface area contributed by atoms with Crippen LogP contribution in [0.1, 0.15) is 0 Å². The first-order valence-corrected chi connectivity index (χ1v) is 20.1. The number of thiophene rings is 2. The van der Waals surface area contributed by atoms with E-state index in [4.69, 9.17) is 9.97 Å². The summed E-state index contributed by atoms with van der Waals surface area (Å²) >= 11 is 3.68. The van der Waals surface area contributed by atoms with Crippen LogP contribution in [0.15, 0.2) is 182 Å². The van der Waals surface area contributed by atoms with Gasteiger partial charge in [0.1, 0.15) is 0 Å². The molecule has 56 heavy (non-hydrogen) atoms. The Bertz CT molecular complexity index is 3130. The maximum atomic E-state index is 5.32. The predicted octanol–water partition coefficient (Wildman–Crippen LogP) is 14.0. The first-order valence-electron chi connectivity index (χ1n) is 18.5. The zero-order valence-electron chi connectivity index (χ0n) is 29.9. The summed E-state index contributed by atoms with van der Waals surface area (Å²) in [7, 11) is 0. The van der Waals surface area contributed by atoms with Crippen LogP contribution >= 0.6 is 22.7 Å². The molecule has 4 aromatic heterocycles. The highest BCUT2D eigenvalue weighted by molar-refractivity contribution is 7.26. The minimum absolute atomic E-state index is 0.662. The molecule has 0 saturated carbocycles. The van der Waals surface area contributed by atoms with Crippen LogP contribution in [-0.2, 0) is 0 Å². The number of benzene rings is 7. The van der Waals surface area contributed by atoms with Gasteiger partial charge in [-0.3, -0.25) is 0 Å². The number of fused-ring (bicyclic) bond motifs is 6. The second-order valence-electron chi connectivity index (χ2n) is 13.9. The molecule has 11 rings (SSSR count). The molecular weight excluding hydrogens is 721 g/mol. The molecule has 7 aromatic carbocycles. The first-order chi connectivity index (χ1) is 27.7. The lowest BCUT2D eigenvalue weighted by molar-refractivity contribution is 1.17. The lowest BCUT2D eigenvalue weighted by Crippen LogP contribution is -1.97. The molecule has 4 heterocycles. The SMILES string of the molecule is c1ccc(-c2cc(-c3cccc(-c4ncccn4)c3)nc(-c3cc(-c4ccc5sc6ccccc6c5c4)cc(-c4ccc5sc6ccccc6c5c4)c3)n2)cc1. The van der Waals surface area contributed by atoms with E-state index in [0.29, 0.717) is 11.6 Å². The summed E-state index contributed by atoms with van der Waals surface area (Å²) in [6.45, 7) is 0. The first kappa shape index (κ1) is 32.6. The Kier molecular flexibility index (Phi) is 7.83. The summed E-state index contributed by atoms with van der Waals surface area (Å²) in [6, 6.07) is 60.4. The van der Waals surface area contributed by atoms with E-state index in [0.717, 1.165) is 55.9 Å². The van der Waals surface area contributed by atoms with Crippen molar-refractivity contribution in [3.63, 3.8) is 0 Å². The zero-order chi connectivity index (χ0) is 37.0. The standard InChI is InChI=1S/C50H30N4S2/c1-2-10-31(11-3-1)43-30-44(34-12-8-13-35(24-34)49-51-22-9-23-52-49)54-50(53-43)38-26-36(32-18-20-47-41(28-32)39-14-4-6-16-45(39)55-47)25-37(27-38)33-19-21-48-42(29-33)40-15-5-7-17-46(40)56-48/h1-30H. The van der Waals surface area contributed by atoms with Gasteiger partial charge in [0.2, 0.25) is 0 Å². The molecule has 0 saturated heterocycles. The highest BCUT2D eigenvalue weighted by Gasteiger charge is 2.16. The van der Waals surface area contributed by atoms with Gasteiger partial charge in [0.05, 0.1) is 11.4 Å². The van der Waals surface area contributed by atoms with Crippen molar-refractivity contribution in [3.8, 4) is 67.5 Å². The van der Waals surface area contributed by atoms with E-state index in [1.807, 2.05) is 46.9 Å².